The summed E-state index contributed by atoms with van der Waals surface area (Å²) in [7, 11) is 0. The molecular weight excluding hydrogens is 152 g/mol. The van der Waals surface area contributed by atoms with Crippen molar-refractivity contribution in [3.05, 3.63) is 36.1 Å². The molecule has 2 nitrogen and oxygen atoms in total. The van der Waals surface area contributed by atoms with Crippen LogP contribution in [0.3, 0.4) is 0 Å². The number of ether oxygens (including phenoxy) is 1. The van der Waals surface area contributed by atoms with E-state index in [2.05, 4.69) is 0 Å². The molecule has 0 heterocycles. The van der Waals surface area contributed by atoms with E-state index in [1.807, 2.05) is 19.9 Å². The Morgan fingerprint density at radius 1 is 1.33 bits per heavy atom. The molecule has 0 saturated carbocycles. The summed E-state index contributed by atoms with van der Waals surface area (Å²) in [6.07, 6.45) is 1.61. The van der Waals surface area contributed by atoms with Crippen LogP contribution in [0.25, 0.3) is 0 Å². The second-order valence-electron chi connectivity index (χ2n) is 2.78. The van der Waals surface area contributed by atoms with Crippen LogP contribution >= 0.6 is 0 Å². The van der Waals surface area contributed by atoms with Gasteiger partial charge >= 0.3 is 0 Å². The molecule has 2 heteroatoms. The highest BCUT2D eigenvalue weighted by Crippen LogP contribution is 2.24. The maximum Gasteiger partial charge on any atom is 0.168 e. The SMILES string of the molecule is CC(C)=COc1ccccc1O. The van der Waals surface area contributed by atoms with E-state index in [1.54, 1.807) is 24.5 Å². The molecule has 0 spiro atoms. The van der Waals surface area contributed by atoms with E-state index in [0.29, 0.717) is 5.75 Å². The molecule has 64 valence electrons. The topological polar surface area (TPSA) is 29.5 Å². The molecule has 0 aromatic heterocycles. The summed E-state index contributed by atoms with van der Waals surface area (Å²) in [5.74, 6) is 0.647. The smallest absolute Gasteiger partial charge is 0.168 e. The maximum atomic E-state index is 9.27. The van der Waals surface area contributed by atoms with Crippen molar-refractivity contribution in [1.29, 1.82) is 0 Å². The van der Waals surface area contributed by atoms with Crippen LogP contribution in [0.5, 0.6) is 11.5 Å². The van der Waals surface area contributed by atoms with E-state index in [9.17, 15) is 5.11 Å². The number of benzene rings is 1. The van der Waals surface area contributed by atoms with Crippen LogP contribution in [0.2, 0.25) is 0 Å². The van der Waals surface area contributed by atoms with Crippen LogP contribution in [-0.4, -0.2) is 5.11 Å². The molecular formula is C10H12O2. The standard InChI is InChI=1S/C10H12O2/c1-8(2)7-12-10-6-4-3-5-9(10)11/h3-7,11H,1-2H3. The number of para-hydroxylation sites is 2. The molecule has 12 heavy (non-hydrogen) atoms. The maximum absolute atomic E-state index is 9.27. The van der Waals surface area contributed by atoms with Crippen molar-refractivity contribution in [3.8, 4) is 11.5 Å². The zero-order valence-corrected chi connectivity index (χ0v) is 7.24. The largest absolute Gasteiger partial charge is 0.504 e. The van der Waals surface area contributed by atoms with Gasteiger partial charge in [-0.1, -0.05) is 12.1 Å². The molecule has 0 atom stereocenters. The van der Waals surface area contributed by atoms with Crippen molar-refractivity contribution in [2.75, 3.05) is 0 Å². The van der Waals surface area contributed by atoms with Crippen molar-refractivity contribution >= 4 is 0 Å². The summed E-state index contributed by atoms with van der Waals surface area (Å²) < 4.78 is 5.19. The minimum Gasteiger partial charge on any atom is -0.504 e. The van der Waals surface area contributed by atoms with Crippen molar-refractivity contribution in [1.82, 2.24) is 0 Å². The van der Waals surface area contributed by atoms with Gasteiger partial charge in [0.2, 0.25) is 0 Å². The highest BCUT2D eigenvalue weighted by Gasteiger charge is 1.96. The summed E-state index contributed by atoms with van der Waals surface area (Å²) >= 11 is 0. The van der Waals surface area contributed by atoms with Crippen LogP contribution in [0.15, 0.2) is 36.1 Å². The predicted molar refractivity (Wildman–Crippen MR) is 48.2 cm³/mol. The number of phenols is 1. The monoisotopic (exact) mass is 164 g/mol. The number of aromatic hydroxyl groups is 1. The third-order valence-electron chi connectivity index (χ3n) is 1.29. The van der Waals surface area contributed by atoms with Gasteiger partial charge in [0, 0.05) is 0 Å². The quantitative estimate of drug-likeness (QED) is 0.681. The Balaban J connectivity index is 2.76. The predicted octanol–water partition coefficient (Wildman–Crippen LogP) is 2.69. The van der Waals surface area contributed by atoms with E-state index in [1.165, 1.54) is 0 Å². The Kier molecular flexibility index (Phi) is 2.75. The van der Waals surface area contributed by atoms with Crippen molar-refractivity contribution < 1.29 is 9.84 Å². The average Bonchev–Trinajstić information content (AvgIpc) is 2.03. The van der Waals surface area contributed by atoms with Crippen LogP contribution < -0.4 is 4.74 Å². The van der Waals surface area contributed by atoms with Crippen LogP contribution in [0.4, 0.5) is 0 Å². The highest BCUT2D eigenvalue weighted by atomic mass is 16.5. The fourth-order valence-electron chi connectivity index (χ4n) is 0.738. The van der Waals surface area contributed by atoms with Crippen LogP contribution in [0.1, 0.15) is 13.8 Å². The molecule has 0 amide bonds. The molecule has 0 bridgehead atoms. The molecule has 0 saturated heterocycles. The van der Waals surface area contributed by atoms with Crippen molar-refractivity contribution in [3.63, 3.8) is 0 Å². The van der Waals surface area contributed by atoms with Gasteiger partial charge in [-0.3, -0.25) is 0 Å². The minimum absolute atomic E-state index is 0.162. The summed E-state index contributed by atoms with van der Waals surface area (Å²) in [6.45, 7) is 3.86. The van der Waals surface area contributed by atoms with Gasteiger partial charge in [0.15, 0.2) is 11.5 Å². The molecule has 1 aromatic carbocycles. The summed E-state index contributed by atoms with van der Waals surface area (Å²) in [6, 6.07) is 6.88. The number of allylic oxidation sites excluding steroid dienone is 1. The first kappa shape index (κ1) is 8.65. The van der Waals surface area contributed by atoms with E-state index >= 15 is 0 Å². The second-order valence-corrected chi connectivity index (χ2v) is 2.78. The zero-order valence-electron chi connectivity index (χ0n) is 7.24. The second kappa shape index (κ2) is 3.81. The van der Waals surface area contributed by atoms with Crippen LogP contribution in [-0.2, 0) is 0 Å². The van der Waals surface area contributed by atoms with Gasteiger partial charge in [-0.05, 0) is 31.6 Å². The van der Waals surface area contributed by atoms with Gasteiger partial charge in [0.1, 0.15) is 0 Å². The summed E-state index contributed by atoms with van der Waals surface area (Å²) in [5.41, 5.74) is 1.05. The Hall–Kier alpha value is -1.44. The molecule has 1 N–H and O–H groups in total. The lowest BCUT2D eigenvalue weighted by atomic mass is 10.3. The third-order valence-corrected chi connectivity index (χ3v) is 1.29. The Morgan fingerprint density at radius 3 is 2.58 bits per heavy atom. The molecule has 0 fully saturated rings. The van der Waals surface area contributed by atoms with Gasteiger partial charge in [0.05, 0.1) is 6.26 Å². The Morgan fingerprint density at radius 2 is 2.00 bits per heavy atom. The molecule has 0 radical (unpaired) electrons. The van der Waals surface area contributed by atoms with E-state index in [0.717, 1.165) is 5.57 Å². The number of phenolic OH excluding ortho intramolecular Hbond substituents is 1. The van der Waals surface area contributed by atoms with Gasteiger partial charge in [-0.15, -0.1) is 0 Å². The first-order valence-electron chi connectivity index (χ1n) is 3.78. The molecule has 0 aliphatic carbocycles. The minimum atomic E-state index is 0.162. The normalized spacial score (nSPS) is 9.17. The zero-order chi connectivity index (χ0) is 8.97. The fourth-order valence-corrected chi connectivity index (χ4v) is 0.738. The molecule has 0 unspecified atom stereocenters. The summed E-state index contributed by atoms with van der Waals surface area (Å²) in [5, 5.41) is 9.27. The van der Waals surface area contributed by atoms with E-state index < -0.39 is 0 Å². The van der Waals surface area contributed by atoms with E-state index in [4.69, 9.17) is 4.74 Å². The Bertz CT molecular complexity index is 286. The molecule has 1 aromatic rings. The Labute approximate surface area is 72.1 Å². The lowest BCUT2D eigenvalue weighted by Gasteiger charge is -2.02. The van der Waals surface area contributed by atoms with Crippen molar-refractivity contribution in [2.24, 2.45) is 0 Å². The first-order valence-corrected chi connectivity index (χ1v) is 3.78. The summed E-state index contributed by atoms with van der Waals surface area (Å²) in [4.78, 5) is 0. The average molecular weight is 164 g/mol. The lowest BCUT2D eigenvalue weighted by Crippen LogP contribution is -1.83. The first-order chi connectivity index (χ1) is 5.70. The van der Waals surface area contributed by atoms with E-state index in [-0.39, 0.29) is 5.75 Å². The van der Waals surface area contributed by atoms with Gasteiger partial charge in [-0.25, -0.2) is 0 Å². The lowest BCUT2D eigenvalue weighted by molar-refractivity contribution is 0.408. The number of hydrogen-bond donors (Lipinski definition) is 1. The third kappa shape index (κ3) is 2.31. The van der Waals surface area contributed by atoms with Gasteiger partial charge in [-0.2, -0.15) is 0 Å². The van der Waals surface area contributed by atoms with Crippen LogP contribution in [0, 0.1) is 0 Å². The highest BCUT2D eigenvalue weighted by molar-refractivity contribution is 5.38. The fraction of sp³-hybridized carbons (Fsp3) is 0.200. The van der Waals surface area contributed by atoms with Gasteiger partial charge < -0.3 is 9.84 Å². The molecule has 0 aliphatic heterocycles. The number of hydrogen-bond acceptors (Lipinski definition) is 2. The van der Waals surface area contributed by atoms with Gasteiger partial charge in [0.25, 0.3) is 0 Å². The number of rotatable bonds is 2. The van der Waals surface area contributed by atoms with Crippen molar-refractivity contribution in [2.45, 2.75) is 13.8 Å². The molecule has 0 aliphatic rings. The molecule has 1 rings (SSSR count).